The van der Waals surface area contributed by atoms with Crippen LogP contribution in [0.15, 0.2) is 28.7 Å². The highest BCUT2D eigenvalue weighted by Crippen LogP contribution is 2.38. The van der Waals surface area contributed by atoms with Gasteiger partial charge in [0.15, 0.2) is 9.84 Å². The summed E-state index contributed by atoms with van der Waals surface area (Å²) in [7, 11) is -3.13. The van der Waals surface area contributed by atoms with Crippen molar-refractivity contribution in [2.75, 3.05) is 16.4 Å². The predicted octanol–water partition coefficient (Wildman–Crippen LogP) is 5.08. The van der Waals surface area contributed by atoms with Crippen LogP contribution in [0.4, 0.5) is 0 Å². The molecular weight excluding hydrogens is 484 g/mol. The van der Waals surface area contributed by atoms with Crippen LogP contribution in [0.2, 0.25) is 0 Å². The minimum absolute atomic E-state index is 0.176. The fourth-order valence-electron chi connectivity index (χ4n) is 1.98. The van der Waals surface area contributed by atoms with Crippen molar-refractivity contribution in [1.29, 1.82) is 0 Å². The van der Waals surface area contributed by atoms with E-state index in [1.165, 1.54) is 0 Å². The molecule has 0 saturated carbocycles. The quantitative estimate of drug-likeness (QED) is 0.506. The second-order valence-electron chi connectivity index (χ2n) is 6.21. The Bertz CT molecular complexity index is 573. The fourth-order valence-corrected chi connectivity index (χ4v) is 6.05. The minimum atomic E-state index is -3.13. The highest BCUT2D eigenvalue weighted by atomic mass is 79.9. The first kappa shape index (κ1) is 19.7. The molecule has 120 valence electrons. The Morgan fingerprint density at radius 3 is 2.00 bits per heavy atom. The summed E-state index contributed by atoms with van der Waals surface area (Å²) in [6.45, 7) is 5.26. The molecule has 0 unspecified atom stereocenters. The summed E-state index contributed by atoms with van der Waals surface area (Å²) >= 11 is 10.7. The van der Waals surface area contributed by atoms with Crippen LogP contribution >= 0.6 is 47.8 Å². The summed E-state index contributed by atoms with van der Waals surface area (Å²) in [4.78, 5) is 0. The van der Waals surface area contributed by atoms with Crippen molar-refractivity contribution in [1.82, 2.24) is 0 Å². The van der Waals surface area contributed by atoms with Gasteiger partial charge < -0.3 is 0 Å². The van der Waals surface area contributed by atoms with Crippen molar-refractivity contribution in [2.24, 2.45) is 0 Å². The van der Waals surface area contributed by atoms with E-state index in [1.807, 2.05) is 18.2 Å². The summed E-state index contributed by atoms with van der Waals surface area (Å²) < 4.78 is 25.1. The minimum Gasteiger partial charge on any atom is -0.228 e. The van der Waals surface area contributed by atoms with E-state index < -0.39 is 14.6 Å². The monoisotopic (exact) mass is 502 g/mol. The molecule has 0 heterocycles. The Hall–Kier alpha value is 0.610. The first-order valence-electron chi connectivity index (χ1n) is 6.69. The Kier molecular flexibility index (Phi) is 6.98. The largest absolute Gasteiger partial charge is 0.228 e. The Morgan fingerprint density at radius 2 is 1.57 bits per heavy atom. The lowest BCUT2D eigenvalue weighted by atomic mass is 9.82. The van der Waals surface area contributed by atoms with Gasteiger partial charge in [0.1, 0.15) is 0 Å². The van der Waals surface area contributed by atoms with Gasteiger partial charge in [-0.05, 0) is 38.8 Å². The molecule has 0 aliphatic heterocycles. The number of sulfone groups is 1. The first-order valence-corrected chi connectivity index (χ1v) is 11.4. The van der Waals surface area contributed by atoms with Crippen molar-refractivity contribution in [3.63, 3.8) is 0 Å². The zero-order chi connectivity index (χ0) is 16.3. The third-order valence-electron chi connectivity index (χ3n) is 3.74. The van der Waals surface area contributed by atoms with E-state index in [1.54, 1.807) is 20.8 Å². The van der Waals surface area contributed by atoms with Gasteiger partial charge in [0.25, 0.3) is 0 Å². The van der Waals surface area contributed by atoms with Gasteiger partial charge in [0.2, 0.25) is 0 Å². The molecule has 0 fully saturated rings. The summed E-state index contributed by atoms with van der Waals surface area (Å²) in [6.07, 6.45) is 0.575. The molecule has 0 N–H and O–H groups in total. The van der Waals surface area contributed by atoms with Crippen LogP contribution in [0.25, 0.3) is 0 Å². The molecule has 2 nitrogen and oxygen atoms in total. The maximum absolute atomic E-state index is 12.4. The van der Waals surface area contributed by atoms with E-state index in [0.29, 0.717) is 17.1 Å². The van der Waals surface area contributed by atoms with Gasteiger partial charge in [-0.2, -0.15) is 0 Å². The highest BCUT2D eigenvalue weighted by Gasteiger charge is 2.36. The van der Waals surface area contributed by atoms with Crippen LogP contribution in [0, 0.1) is 0 Å². The molecule has 1 aromatic carbocycles. The molecule has 1 rings (SSSR count). The van der Waals surface area contributed by atoms with Gasteiger partial charge in [-0.15, -0.1) is 0 Å². The molecule has 0 aliphatic rings. The molecule has 0 spiro atoms. The fraction of sp³-hybridized carbons (Fsp3) is 0.600. The van der Waals surface area contributed by atoms with Crippen LogP contribution in [0.3, 0.4) is 0 Å². The summed E-state index contributed by atoms with van der Waals surface area (Å²) in [5.74, 6) is 0.176. The van der Waals surface area contributed by atoms with Crippen LogP contribution in [-0.4, -0.2) is 29.6 Å². The second kappa shape index (κ2) is 7.45. The molecule has 0 bridgehead atoms. The summed E-state index contributed by atoms with van der Waals surface area (Å²) in [5.41, 5.74) is 0.876. The van der Waals surface area contributed by atoms with Gasteiger partial charge in [-0.3, -0.25) is 0 Å². The normalized spacial score (nSPS) is 13.4. The lowest BCUT2D eigenvalue weighted by Crippen LogP contribution is -2.37. The van der Waals surface area contributed by atoms with E-state index in [0.717, 1.165) is 10.0 Å². The van der Waals surface area contributed by atoms with Crippen LogP contribution < -0.4 is 0 Å². The molecular formula is C15H21Br3O2S. The van der Waals surface area contributed by atoms with Crippen molar-refractivity contribution in [3.05, 3.63) is 34.3 Å². The Balaban J connectivity index is 3.12. The van der Waals surface area contributed by atoms with Crippen molar-refractivity contribution in [3.8, 4) is 0 Å². The van der Waals surface area contributed by atoms with Crippen LogP contribution in [-0.2, 0) is 15.3 Å². The third-order valence-corrected chi connectivity index (χ3v) is 9.18. The number of hydrogen-bond acceptors (Lipinski definition) is 2. The SMILES string of the molecule is CC(C)(C)S(=O)(=O)CCC(CBr)(CBr)c1ccccc1Br. The lowest BCUT2D eigenvalue weighted by molar-refractivity contribution is 0.510. The van der Waals surface area contributed by atoms with Gasteiger partial charge in [-0.1, -0.05) is 66.0 Å². The second-order valence-corrected chi connectivity index (χ2v) is 11.0. The zero-order valence-corrected chi connectivity index (χ0v) is 18.1. The average Bonchev–Trinajstić information content (AvgIpc) is 2.41. The van der Waals surface area contributed by atoms with Crippen molar-refractivity contribution in [2.45, 2.75) is 37.4 Å². The summed E-state index contributed by atoms with van der Waals surface area (Å²) in [5, 5.41) is 1.40. The molecule has 0 atom stereocenters. The molecule has 0 amide bonds. The molecule has 0 radical (unpaired) electrons. The van der Waals surface area contributed by atoms with Crippen LogP contribution in [0.1, 0.15) is 32.8 Å². The molecule has 0 aliphatic carbocycles. The average molecular weight is 505 g/mol. The number of hydrogen-bond donors (Lipinski definition) is 0. The lowest BCUT2D eigenvalue weighted by Gasteiger charge is -2.33. The predicted molar refractivity (Wildman–Crippen MR) is 102 cm³/mol. The van der Waals surface area contributed by atoms with Gasteiger partial charge in [0, 0.05) is 20.5 Å². The number of alkyl halides is 2. The zero-order valence-electron chi connectivity index (χ0n) is 12.5. The maximum atomic E-state index is 12.4. The van der Waals surface area contributed by atoms with E-state index in [2.05, 4.69) is 53.9 Å². The summed E-state index contributed by atoms with van der Waals surface area (Å²) in [6, 6.07) is 8.00. The van der Waals surface area contributed by atoms with E-state index in [4.69, 9.17) is 0 Å². The molecule has 6 heteroatoms. The van der Waals surface area contributed by atoms with E-state index in [-0.39, 0.29) is 11.2 Å². The van der Waals surface area contributed by atoms with E-state index >= 15 is 0 Å². The van der Waals surface area contributed by atoms with Gasteiger partial charge >= 0.3 is 0 Å². The standard InChI is InChI=1S/C15H21Br3O2S/c1-14(2,3)21(19,20)9-8-15(10-16,11-17)12-6-4-5-7-13(12)18/h4-7H,8-11H2,1-3H3. The Labute approximate surface area is 153 Å². The first-order chi connectivity index (χ1) is 9.59. The topological polar surface area (TPSA) is 34.1 Å². The molecule has 0 saturated heterocycles. The number of halogens is 3. The number of rotatable bonds is 6. The molecule has 1 aromatic rings. The highest BCUT2D eigenvalue weighted by molar-refractivity contribution is 9.10. The Morgan fingerprint density at radius 1 is 1.05 bits per heavy atom. The smallest absolute Gasteiger partial charge is 0.155 e. The van der Waals surface area contributed by atoms with Crippen molar-refractivity contribution < 1.29 is 8.42 Å². The van der Waals surface area contributed by atoms with Crippen molar-refractivity contribution >= 4 is 57.6 Å². The van der Waals surface area contributed by atoms with Gasteiger partial charge in [-0.25, -0.2) is 8.42 Å². The molecule has 21 heavy (non-hydrogen) atoms. The van der Waals surface area contributed by atoms with E-state index in [9.17, 15) is 8.42 Å². The third kappa shape index (κ3) is 4.55. The maximum Gasteiger partial charge on any atom is 0.155 e. The van der Waals surface area contributed by atoms with Gasteiger partial charge in [0.05, 0.1) is 10.5 Å². The number of benzene rings is 1. The molecule has 0 aromatic heterocycles. The van der Waals surface area contributed by atoms with Crippen LogP contribution in [0.5, 0.6) is 0 Å².